The van der Waals surface area contributed by atoms with Crippen molar-refractivity contribution in [1.29, 1.82) is 0 Å². The number of nitrogens with one attached hydrogen (secondary N) is 2. The third-order valence-corrected chi connectivity index (χ3v) is 2.88. The van der Waals surface area contributed by atoms with Crippen molar-refractivity contribution in [3.8, 4) is 0 Å². The van der Waals surface area contributed by atoms with E-state index in [4.69, 9.17) is 5.73 Å². The minimum atomic E-state index is -0.000568. The number of hydrogen-bond acceptors (Lipinski definition) is 4. The first-order valence-corrected chi connectivity index (χ1v) is 5.61. The Balaban J connectivity index is 1.93. The predicted molar refractivity (Wildman–Crippen MR) is 69.7 cm³/mol. The Morgan fingerprint density at radius 3 is 3.06 bits per heavy atom. The Morgan fingerprint density at radius 1 is 1.50 bits per heavy atom. The Kier molecular flexibility index (Phi) is 2.22. The second-order valence-corrected chi connectivity index (χ2v) is 4.32. The molecule has 0 bridgehead atoms. The number of nitrogens with two attached hydrogens (primary N) is 1. The number of aromatic nitrogens is 2. The summed E-state index contributed by atoms with van der Waals surface area (Å²) >= 11 is 0. The SMILES string of the molecule is Cn1ccc(Nc2cc3c(cc2N)CC(=O)N3)n1. The number of rotatable bonds is 2. The lowest BCUT2D eigenvalue weighted by molar-refractivity contribution is -0.115. The first-order valence-electron chi connectivity index (χ1n) is 5.61. The van der Waals surface area contributed by atoms with E-state index in [0.717, 1.165) is 16.9 Å². The average molecular weight is 243 g/mol. The molecule has 6 nitrogen and oxygen atoms in total. The number of amides is 1. The number of nitrogen functional groups attached to an aromatic ring is 1. The van der Waals surface area contributed by atoms with E-state index in [2.05, 4.69) is 15.7 Å². The average Bonchev–Trinajstić information content (AvgIpc) is 2.85. The van der Waals surface area contributed by atoms with Gasteiger partial charge in [0.1, 0.15) is 0 Å². The summed E-state index contributed by atoms with van der Waals surface area (Å²) in [5.74, 6) is 0.716. The first kappa shape index (κ1) is 10.6. The van der Waals surface area contributed by atoms with Gasteiger partial charge >= 0.3 is 0 Å². The maximum Gasteiger partial charge on any atom is 0.228 e. The maximum absolute atomic E-state index is 11.3. The van der Waals surface area contributed by atoms with Gasteiger partial charge in [0.05, 0.1) is 17.8 Å². The van der Waals surface area contributed by atoms with Gasteiger partial charge in [0.25, 0.3) is 0 Å². The number of carbonyl (C=O) groups is 1. The molecule has 0 radical (unpaired) electrons. The van der Waals surface area contributed by atoms with Crippen LogP contribution >= 0.6 is 0 Å². The summed E-state index contributed by atoms with van der Waals surface area (Å²) in [6, 6.07) is 5.51. The molecule has 0 fully saturated rings. The number of benzene rings is 1. The third-order valence-electron chi connectivity index (χ3n) is 2.88. The summed E-state index contributed by atoms with van der Waals surface area (Å²) in [6.07, 6.45) is 2.23. The molecule has 2 aromatic rings. The molecule has 0 spiro atoms. The van der Waals surface area contributed by atoms with Gasteiger partial charge in [-0.25, -0.2) is 0 Å². The zero-order valence-electron chi connectivity index (χ0n) is 9.90. The first-order chi connectivity index (χ1) is 8.61. The molecule has 1 aromatic heterocycles. The molecule has 4 N–H and O–H groups in total. The van der Waals surface area contributed by atoms with Crippen LogP contribution in [0, 0.1) is 0 Å². The van der Waals surface area contributed by atoms with Gasteiger partial charge in [-0.15, -0.1) is 0 Å². The molecular formula is C12H13N5O. The van der Waals surface area contributed by atoms with Crippen LogP contribution in [0.15, 0.2) is 24.4 Å². The van der Waals surface area contributed by atoms with Crippen LogP contribution in [0.3, 0.4) is 0 Å². The summed E-state index contributed by atoms with van der Waals surface area (Å²) in [4.78, 5) is 11.3. The van der Waals surface area contributed by atoms with Crippen molar-refractivity contribution in [3.63, 3.8) is 0 Å². The van der Waals surface area contributed by atoms with E-state index in [1.165, 1.54) is 0 Å². The highest BCUT2D eigenvalue weighted by atomic mass is 16.1. The van der Waals surface area contributed by atoms with Crippen molar-refractivity contribution in [2.45, 2.75) is 6.42 Å². The van der Waals surface area contributed by atoms with Crippen molar-refractivity contribution in [3.05, 3.63) is 30.0 Å². The lowest BCUT2D eigenvalue weighted by atomic mass is 10.1. The van der Waals surface area contributed by atoms with Crippen LogP contribution in [-0.4, -0.2) is 15.7 Å². The summed E-state index contributed by atoms with van der Waals surface area (Å²) < 4.78 is 1.70. The van der Waals surface area contributed by atoms with E-state index in [9.17, 15) is 4.79 Å². The van der Waals surface area contributed by atoms with Gasteiger partial charge in [-0.3, -0.25) is 9.48 Å². The van der Waals surface area contributed by atoms with E-state index in [1.54, 1.807) is 4.68 Å². The maximum atomic E-state index is 11.3. The fourth-order valence-corrected chi connectivity index (χ4v) is 2.02. The smallest absolute Gasteiger partial charge is 0.228 e. The number of fused-ring (bicyclic) bond motifs is 1. The van der Waals surface area contributed by atoms with Gasteiger partial charge < -0.3 is 16.4 Å². The topological polar surface area (TPSA) is 85.0 Å². The van der Waals surface area contributed by atoms with E-state index in [1.807, 2.05) is 31.4 Å². The number of hydrogen-bond donors (Lipinski definition) is 3. The monoisotopic (exact) mass is 243 g/mol. The van der Waals surface area contributed by atoms with Crippen molar-refractivity contribution in [2.24, 2.45) is 7.05 Å². The Bertz CT molecular complexity index is 631. The largest absolute Gasteiger partial charge is 0.397 e. The fraction of sp³-hybridized carbons (Fsp3) is 0.167. The molecule has 1 aromatic carbocycles. The minimum absolute atomic E-state index is 0.000568. The molecule has 2 heterocycles. The molecule has 0 saturated heterocycles. The van der Waals surface area contributed by atoms with Gasteiger partial charge in [0.2, 0.25) is 5.91 Å². The number of anilines is 4. The van der Waals surface area contributed by atoms with E-state index in [0.29, 0.717) is 17.9 Å². The highest BCUT2D eigenvalue weighted by molar-refractivity contribution is 6.01. The number of aryl methyl sites for hydroxylation is 1. The highest BCUT2D eigenvalue weighted by Gasteiger charge is 2.19. The van der Waals surface area contributed by atoms with E-state index in [-0.39, 0.29) is 5.91 Å². The molecule has 92 valence electrons. The Labute approximate surface area is 104 Å². The van der Waals surface area contributed by atoms with E-state index < -0.39 is 0 Å². The minimum Gasteiger partial charge on any atom is -0.397 e. The van der Waals surface area contributed by atoms with Crippen LogP contribution in [0.5, 0.6) is 0 Å². The van der Waals surface area contributed by atoms with Gasteiger partial charge in [0, 0.05) is 25.0 Å². The number of nitrogens with zero attached hydrogens (tertiary/aromatic N) is 2. The summed E-state index contributed by atoms with van der Waals surface area (Å²) in [7, 11) is 1.84. The molecular weight excluding hydrogens is 230 g/mol. The molecule has 1 aliphatic heterocycles. The zero-order valence-corrected chi connectivity index (χ0v) is 9.90. The molecule has 1 amide bonds. The van der Waals surface area contributed by atoms with Crippen LogP contribution in [0.4, 0.5) is 22.9 Å². The van der Waals surface area contributed by atoms with Crippen molar-refractivity contribution in [2.75, 3.05) is 16.4 Å². The normalized spacial score (nSPS) is 13.3. The summed E-state index contributed by atoms with van der Waals surface area (Å²) in [5, 5.41) is 10.1. The van der Waals surface area contributed by atoms with Crippen LogP contribution in [-0.2, 0) is 18.3 Å². The van der Waals surface area contributed by atoms with Crippen molar-refractivity contribution in [1.82, 2.24) is 9.78 Å². The molecule has 0 unspecified atom stereocenters. The standard InChI is InChI=1S/C12H13N5O/c1-17-3-2-11(16-17)14-10-6-9-7(4-8(10)13)5-12(18)15-9/h2-4,6H,5,13H2,1H3,(H,14,16)(H,15,18). The molecule has 0 saturated carbocycles. The Hall–Kier alpha value is -2.50. The molecule has 6 heteroatoms. The van der Waals surface area contributed by atoms with Gasteiger partial charge in [-0.1, -0.05) is 0 Å². The fourth-order valence-electron chi connectivity index (χ4n) is 2.02. The van der Waals surface area contributed by atoms with E-state index >= 15 is 0 Å². The lowest BCUT2D eigenvalue weighted by Gasteiger charge is -2.09. The molecule has 0 atom stereocenters. The van der Waals surface area contributed by atoms with Gasteiger partial charge in [0.15, 0.2) is 5.82 Å². The van der Waals surface area contributed by atoms with Crippen LogP contribution in [0.25, 0.3) is 0 Å². The van der Waals surface area contributed by atoms with Crippen molar-refractivity contribution >= 4 is 28.8 Å². The predicted octanol–water partition coefficient (Wildman–Crippen LogP) is 1.24. The second-order valence-electron chi connectivity index (χ2n) is 4.32. The lowest BCUT2D eigenvalue weighted by Crippen LogP contribution is -2.03. The van der Waals surface area contributed by atoms with Gasteiger partial charge in [-0.05, 0) is 17.7 Å². The van der Waals surface area contributed by atoms with Crippen LogP contribution in [0.1, 0.15) is 5.56 Å². The molecule has 18 heavy (non-hydrogen) atoms. The summed E-state index contributed by atoms with van der Waals surface area (Å²) in [6.45, 7) is 0. The number of carbonyl (C=O) groups excluding carboxylic acids is 1. The third kappa shape index (κ3) is 1.77. The summed E-state index contributed by atoms with van der Waals surface area (Å²) in [5.41, 5.74) is 9.06. The second kappa shape index (κ2) is 3.76. The molecule has 1 aliphatic rings. The van der Waals surface area contributed by atoms with Crippen LogP contribution < -0.4 is 16.4 Å². The van der Waals surface area contributed by atoms with Gasteiger partial charge in [-0.2, -0.15) is 5.10 Å². The quantitative estimate of drug-likeness (QED) is 0.693. The zero-order chi connectivity index (χ0) is 12.7. The molecule has 0 aliphatic carbocycles. The molecule has 3 rings (SSSR count). The Morgan fingerprint density at radius 2 is 2.33 bits per heavy atom. The van der Waals surface area contributed by atoms with Crippen molar-refractivity contribution < 1.29 is 4.79 Å². The highest BCUT2D eigenvalue weighted by Crippen LogP contribution is 2.32. The van der Waals surface area contributed by atoms with Crippen LogP contribution in [0.2, 0.25) is 0 Å².